The van der Waals surface area contributed by atoms with Gasteiger partial charge in [0.25, 0.3) is 0 Å². The Morgan fingerprint density at radius 2 is 2.14 bits per heavy atom. The van der Waals surface area contributed by atoms with Crippen LogP contribution in [0.3, 0.4) is 0 Å². The van der Waals surface area contributed by atoms with Crippen LogP contribution in [-0.4, -0.2) is 18.5 Å². The van der Waals surface area contributed by atoms with E-state index < -0.39 is 0 Å². The van der Waals surface area contributed by atoms with Gasteiger partial charge >= 0.3 is 0 Å². The van der Waals surface area contributed by atoms with E-state index in [9.17, 15) is 0 Å². The van der Waals surface area contributed by atoms with E-state index in [-0.39, 0.29) is 0 Å². The summed E-state index contributed by atoms with van der Waals surface area (Å²) in [4.78, 5) is 4.36. The van der Waals surface area contributed by atoms with Gasteiger partial charge in [-0.2, -0.15) is 0 Å². The number of rotatable bonds is 6. The van der Waals surface area contributed by atoms with Gasteiger partial charge in [-0.15, -0.1) is 0 Å². The maximum absolute atomic E-state index is 5.35. The highest BCUT2D eigenvalue weighted by molar-refractivity contribution is 5.79. The largest absolute Gasteiger partial charge is 0.353 e. The first-order chi connectivity index (χ1) is 6.86. The van der Waals surface area contributed by atoms with Crippen molar-refractivity contribution < 1.29 is 0 Å². The quantitative estimate of drug-likeness (QED) is 0.197. The van der Waals surface area contributed by atoms with Crippen LogP contribution in [0.2, 0.25) is 0 Å². The van der Waals surface area contributed by atoms with Crippen molar-refractivity contribution in [3.8, 4) is 0 Å². The monoisotopic (exact) mass is 198 g/mol. The maximum atomic E-state index is 5.35. The zero-order valence-corrected chi connectivity index (χ0v) is 9.05. The fourth-order valence-electron chi connectivity index (χ4n) is 1.28. The van der Waals surface area contributed by atoms with Crippen LogP contribution in [0, 0.1) is 0 Å². The van der Waals surface area contributed by atoms with Crippen LogP contribution in [-0.2, 0) is 0 Å². The lowest BCUT2D eigenvalue weighted by molar-refractivity contribution is 0.670. The third-order valence-corrected chi connectivity index (χ3v) is 2.34. The standard InChI is InChI=1S/C10H22N4/c1-2-3-4-5-8-12-10(14-11)13-9-6-7-9/h9H,2-8,11H2,1H3,(H2,12,13,14). The summed E-state index contributed by atoms with van der Waals surface area (Å²) < 4.78 is 0. The summed E-state index contributed by atoms with van der Waals surface area (Å²) in [5.41, 5.74) is 2.60. The van der Waals surface area contributed by atoms with Crippen LogP contribution in [0.1, 0.15) is 45.4 Å². The van der Waals surface area contributed by atoms with Gasteiger partial charge < -0.3 is 5.32 Å². The Labute approximate surface area is 86.3 Å². The molecule has 0 amide bonds. The van der Waals surface area contributed by atoms with Gasteiger partial charge in [0.2, 0.25) is 5.96 Å². The summed E-state index contributed by atoms with van der Waals surface area (Å²) in [5, 5.41) is 3.25. The van der Waals surface area contributed by atoms with Gasteiger partial charge in [0.15, 0.2) is 0 Å². The maximum Gasteiger partial charge on any atom is 0.205 e. The highest BCUT2D eigenvalue weighted by Gasteiger charge is 2.21. The average molecular weight is 198 g/mol. The molecule has 1 aliphatic carbocycles. The Bertz CT molecular complexity index is 175. The molecule has 1 fully saturated rings. The van der Waals surface area contributed by atoms with E-state index in [0.717, 1.165) is 18.9 Å². The highest BCUT2D eigenvalue weighted by atomic mass is 15.3. The lowest BCUT2D eigenvalue weighted by atomic mass is 10.2. The average Bonchev–Trinajstić information content (AvgIpc) is 2.99. The van der Waals surface area contributed by atoms with Gasteiger partial charge in [-0.3, -0.25) is 10.4 Å². The van der Waals surface area contributed by atoms with Crippen molar-refractivity contribution in [2.45, 2.75) is 51.5 Å². The second kappa shape index (κ2) is 6.65. The number of guanidine groups is 1. The minimum absolute atomic E-state index is 0.612. The second-order valence-electron chi connectivity index (χ2n) is 3.85. The van der Waals surface area contributed by atoms with Gasteiger partial charge in [-0.05, 0) is 19.3 Å². The number of hydrazine groups is 1. The Hall–Kier alpha value is -0.770. The van der Waals surface area contributed by atoms with Crippen LogP contribution in [0.15, 0.2) is 4.99 Å². The van der Waals surface area contributed by atoms with Crippen molar-refractivity contribution in [2.75, 3.05) is 6.54 Å². The number of aliphatic imine (C=N–C) groups is 1. The lowest BCUT2D eigenvalue weighted by Gasteiger charge is -2.07. The second-order valence-corrected chi connectivity index (χ2v) is 3.85. The third-order valence-electron chi connectivity index (χ3n) is 2.34. The fraction of sp³-hybridized carbons (Fsp3) is 0.900. The van der Waals surface area contributed by atoms with Crippen molar-refractivity contribution in [1.29, 1.82) is 0 Å². The smallest absolute Gasteiger partial charge is 0.205 e. The molecular weight excluding hydrogens is 176 g/mol. The van der Waals surface area contributed by atoms with E-state index in [0.29, 0.717) is 6.04 Å². The van der Waals surface area contributed by atoms with E-state index in [4.69, 9.17) is 5.84 Å². The first kappa shape index (κ1) is 11.3. The van der Waals surface area contributed by atoms with Gasteiger partial charge in [-0.1, -0.05) is 26.2 Å². The van der Waals surface area contributed by atoms with E-state index in [1.54, 1.807) is 0 Å². The molecule has 4 nitrogen and oxygen atoms in total. The van der Waals surface area contributed by atoms with Crippen molar-refractivity contribution >= 4 is 5.96 Å². The van der Waals surface area contributed by atoms with Crippen LogP contribution in [0.25, 0.3) is 0 Å². The number of hydrogen-bond donors (Lipinski definition) is 3. The minimum Gasteiger partial charge on any atom is -0.353 e. The molecule has 1 saturated carbocycles. The number of nitrogens with one attached hydrogen (secondary N) is 2. The molecule has 0 atom stereocenters. The SMILES string of the molecule is CCCCCCN=C(NN)NC1CC1. The Kier molecular flexibility index (Phi) is 5.37. The molecule has 0 bridgehead atoms. The lowest BCUT2D eigenvalue weighted by Crippen LogP contribution is -2.42. The van der Waals surface area contributed by atoms with Crippen molar-refractivity contribution in [1.82, 2.24) is 10.7 Å². The van der Waals surface area contributed by atoms with Crippen molar-refractivity contribution in [2.24, 2.45) is 10.8 Å². The molecular formula is C10H22N4. The van der Waals surface area contributed by atoms with Gasteiger partial charge in [0, 0.05) is 12.6 Å². The molecule has 4 N–H and O–H groups in total. The van der Waals surface area contributed by atoms with Gasteiger partial charge in [0.1, 0.15) is 0 Å². The normalized spacial score (nSPS) is 16.9. The first-order valence-corrected chi connectivity index (χ1v) is 5.64. The van der Waals surface area contributed by atoms with Crippen molar-refractivity contribution in [3.63, 3.8) is 0 Å². The molecule has 14 heavy (non-hydrogen) atoms. The summed E-state index contributed by atoms with van der Waals surface area (Å²) in [6.07, 6.45) is 7.49. The van der Waals surface area contributed by atoms with Crippen LogP contribution in [0.4, 0.5) is 0 Å². The summed E-state index contributed by atoms with van der Waals surface area (Å²) in [6.45, 7) is 3.09. The Balaban J connectivity index is 2.05. The molecule has 0 radical (unpaired) electrons. The predicted molar refractivity (Wildman–Crippen MR) is 59.9 cm³/mol. The molecule has 0 aliphatic heterocycles. The number of nitrogens with two attached hydrogens (primary N) is 1. The molecule has 0 aromatic heterocycles. The predicted octanol–water partition coefficient (Wildman–Crippen LogP) is 1.14. The van der Waals surface area contributed by atoms with Crippen molar-refractivity contribution in [3.05, 3.63) is 0 Å². The molecule has 0 unspecified atom stereocenters. The van der Waals surface area contributed by atoms with Gasteiger partial charge in [-0.25, -0.2) is 5.84 Å². The molecule has 1 rings (SSSR count). The van der Waals surface area contributed by atoms with E-state index >= 15 is 0 Å². The highest BCUT2D eigenvalue weighted by Crippen LogP contribution is 2.18. The molecule has 0 heterocycles. The fourth-order valence-corrected chi connectivity index (χ4v) is 1.28. The summed E-state index contributed by atoms with van der Waals surface area (Å²) in [5.74, 6) is 6.10. The minimum atomic E-state index is 0.612. The van der Waals surface area contributed by atoms with E-state index in [1.807, 2.05) is 0 Å². The first-order valence-electron chi connectivity index (χ1n) is 5.64. The molecule has 0 aromatic carbocycles. The van der Waals surface area contributed by atoms with Crippen LogP contribution in [0.5, 0.6) is 0 Å². The Morgan fingerprint density at radius 1 is 1.36 bits per heavy atom. The molecule has 0 spiro atoms. The summed E-state index contributed by atoms with van der Waals surface area (Å²) in [7, 11) is 0. The van der Waals surface area contributed by atoms with Crippen LogP contribution >= 0.6 is 0 Å². The molecule has 82 valence electrons. The number of nitrogens with zero attached hydrogens (tertiary/aromatic N) is 1. The molecule has 1 aliphatic rings. The summed E-state index contributed by atoms with van der Waals surface area (Å²) in [6, 6.07) is 0.612. The van der Waals surface area contributed by atoms with E-state index in [1.165, 1.54) is 32.1 Å². The van der Waals surface area contributed by atoms with E-state index in [2.05, 4.69) is 22.7 Å². The number of unbranched alkanes of at least 4 members (excludes halogenated alkanes) is 3. The van der Waals surface area contributed by atoms with Crippen LogP contribution < -0.4 is 16.6 Å². The topological polar surface area (TPSA) is 62.4 Å². The molecule has 0 saturated heterocycles. The Morgan fingerprint density at radius 3 is 2.71 bits per heavy atom. The number of hydrogen-bond acceptors (Lipinski definition) is 2. The van der Waals surface area contributed by atoms with Gasteiger partial charge in [0.05, 0.1) is 0 Å². The summed E-state index contributed by atoms with van der Waals surface area (Å²) >= 11 is 0. The zero-order valence-electron chi connectivity index (χ0n) is 9.05. The third kappa shape index (κ3) is 5.07. The molecule has 4 heteroatoms. The zero-order chi connectivity index (χ0) is 10.2. The molecule has 0 aromatic rings.